The molecule has 6 nitrogen and oxygen atoms in total. The van der Waals surface area contributed by atoms with Gasteiger partial charge in [0.15, 0.2) is 0 Å². The first-order chi connectivity index (χ1) is 11.5. The summed E-state index contributed by atoms with van der Waals surface area (Å²) in [5.41, 5.74) is 0. The number of esters is 2. The van der Waals surface area contributed by atoms with Gasteiger partial charge in [0.1, 0.15) is 13.2 Å². The Balaban J connectivity index is 3.63. The summed E-state index contributed by atoms with van der Waals surface area (Å²) in [6, 6.07) is 0. The van der Waals surface area contributed by atoms with Crippen LogP contribution in [0.1, 0.15) is 52.4 Å². The quantitative estimate of drug-likeness (QED) is 0.303. The van der Waals surface area contributed by atoms with Gasteiger partial charge in [0.25, 0.3) is 0 Å². The highest BCUT2D eigenvalue weighted by Gasteiger charge is 2.10. The molecule has 0 aliphatic carbocycles. The van der Waals surface area contributed by atoms with E-state index in [0.29, 0.717) is 25.7 Å². The van der Waals surface area contributed by atoms with Crippen molar-refractivity contribution in [3.8, 4) is 0 Å². The highest BCUT2D eigenvalue weighted by atomic mass is 16.5. The smallest absolute Gasteiger partial charge is 0.305 e. The van der Waals surface area contributed by atoms with Crippen LogP contribution >= 0.6 is 0 Å². The van der Waals surface area contributed by atoms with Crippen LogP contribution in [0.2, 0.25) is 0 Å². The van der Waals surface area contributed by atoms with E-state index >= 15 is 0 Å². The van der Waals surface area contributed by atoms with Gasteiger partial charge < -0.3 is 19.7 Å². The lowest BCUT2D eigenvalue weighted by molar-refractivity contribution is -0.148. The molecule has 0 aromatic carbocycles. The van der Waals surface area contributed by atoms with Crippen LogP contribution in [-0.4, -0.2) is 47.6 Å². The zero-order valence-corrected chi connectivity index (χ0v) is 14.6. The minimum absolute atomic E-state index is 0.0185. The lowest BCUT2D eigenvalue weighted by Gasteiger charge is -2.10. The van der Waals surface area contributed by atoms with Gasteiger partial charge in [-0.2, -0.15) is 0 Å². The number of ether oxygens (including phenoxy) is 2. The molecule has 24 heavy (non-hydrogen) atoms. The second-order valence-corrected chi connectivity index (χ2v) is 5.49. The Bertz CT molecular complexity index is 364. The molecule has 6 heteroatoms. The number of hydrogen-bond donors (Lipinski definition) is 2. The Labute approximate surface area is 144 Å². The third kappa shape index (κ3) is 14.0. The third-order valence-electron chi connectivity index (χ3n) is 3.17. The van der Waals surface area contributed by atoms with Crippen molar-refractivity contribution >= 4 is 11.9 Å². The van der Waals surface area contributed by atoms with Gasteiger partial charge in [-0.25, -0.2) is 0 Å². The van der Waals surface area contributed by atoms with Crippen LogP contribution < -0.4 is 0 Å². The predicted octanol–water partition coefficient (Wildman–Crippen LogP) is 2.29. The molecule has 0 radical (unpaired) electrons. The van der Waals surface area contributed by atoms with Crippen LogP contribution in [0.15, 0.2) is 24.3 Å². The summed E-state index contributed by atoms with van der Waals surface area (Å²) in [6.07, 6.45) is 8.22. The molecular weight excluding hydrogens is 312 g/mol. The van der Waals surface area contributed by atoms with Crippen molar-refractivity contribution in [2.75, 3.05) is 13.2 Å². The number of rotatable bonds is 13. The SMILES string of the molecule is CC=CCC(O)COC(=O)CCCCC(=O)OCC(O)CC=CC. The Morgan fingerprint density at radius 3 is 1.54 bits per heavy atom. The number of hydrogen-bond acceptors (Lipinski definition) is 6. The number of carbonyl (C=O) groups is 2. The lowest BCUT2D eigenvalue weighted by Crippen LogP contribution is -2.18. The average molecular weight is 342 g/mol. The van der Waals surface area contributed by atoms with Gasteiger partial charge in [-0.15, -0.1) is 0 Å². The van der Waals surface area contributed by atoms with Crippen molar-refractivity contribution in [3.05, 3.63) is 24.3 Å². The van der Waals surface area contributed by atoms with Crippen LogP contribution in [0.4, 0.5) is 0 Å². The third-order valence-corrected chi connectivity index (χ3v) is 3.17. The van der Waals surface area contributed by atoms with E-state index < -0.39 is 12.2 Å². The van der Waals surface area contributed by atoms with Gasteiger partial charge >= 0.3 is 11.9 Å². The maximum atomic E-state index is 11.5. The van der Waals surface area contributed by atoms with Crippen LogP contribution in [-0.2, 0) is 19.1 Å². The largest absolute Gasteiger partial charge is 0.463 e. The van der Waals surface area contributed by atoms with Crippen LogP contribution in [0.5, 0.6) is 0 Å². The Morgan fingerprint density at radius 1 is 0.833 bits per heavy atom. The molecular formula is C18H30O6. The topological polar surface area (TPSA) is 93.1 Å². The van der Waals surface area contributed by atoms with Crippen LogP contribution in [0.25, 0.3) is 0 Å². The zero-order chi connectivity index (χ0) is 18.2. The summed E-state index contributed by atoms with van der Waals surface area (Å²) >= 11 is 0. The fourth-order valence-electron chi connectivity index (χ4n) is 1.78. The molecule has 0 aromatic heterocycles. The predicted molar refractivity (Wildman–Crippen MR) is 91.3 cm³/mol. The molecule has 0 saturated heterocycles. The number of carbonyl (C=O) groups excluding carboxylic acids is 2. The van der Waals surface area contributed by atoms with E-state index in [-0.39, 0.29) is 38.0 Å². The minimum atomic E-state index is -0.686. The summed E-state index contributed by atoms with van der Waals surface area (Å²) in [5, 5.41) is 19.0. The molecule has 0 aliphatic rings. The summed E-state index contributed by atoms with van der Waals surface area (Å²) < 4.78 is 9.89. The van der Waals surface area contributed by atoms with Crippen molar-refractivity contribution in [1.82, 2.24) is 0 Å². The lowest BCUT2D eigenvalue weighted by atomic mass is 10.2. The van der Waals surface area contributed by atoms with Gasteiger partial charge in [0, 0.05) is 12.8 Å². The van der Waals surface area contributed by atoms with E-state index in [1.54, 1.807) is 12.2 Å². The molecule has 0 rings (SSSR count). The second kappa shape index (κ2) is 14.9. The molecule has 0 spiro atoms. The molecule has 2 atom stereocenters. The maximum Gasteiger partial charge on any atom is 0.305 e. The molecule has 0 aromatic rings. The van der Waals surface area contributed by atoms with E-state index in [4.69, 9.17) is 9.47 Å². The second-order valence-electron chi connectivity index (χ2n) is 5.49. The molecule has 0 saturated carbocycles. The van der Waals surface area contributed by atoms with Crippen molar-refractivity contribution < 1.29 is 29.3 Å². The van der Waals surface area contributed by atoms with Crippen molar-refractivity contribution in [2.45, 2.75) is 64.6 Å². The normalized spacial score (nSPS) is 14.0. The molecule has 0 aliphatic heterocycles. The Hall–Kier alpha value is -1.66. The summed E-state index contributed by atoms with van der Waals surface area (Å²) in [7, 11) is 0. The highest BCUT2D eigenvalue weighted by molar-refractivity contribution is 5.70. The van der Waals surface area contributed by atoms with E-state index in [9.17, 15) is 19.8 Å². The molecule has 0 bridgehead atoms. The van der Waals surface area contributed by atoms with Gasteiger partial charge in [-0.1, -0.05) is 24.3 Å². The van der Waals surface area contributed by atoms with Gasteiger partial charge in [0.05, 0.1) is 12.2 Å². The monoisotopic (exact) mass is 342 g/mol. The molecule has 0 amide bonds. The highest BCUT2D eigenvalue weighted by Crippen LogP contribution is 2.05. The molecule has 0 fully saturated rings. The number of allylic oxidation sites excluding steroid dienone is 2. The van der Waals surface area contributed by atoms with E-state index in [1.165, 1.54) is 0 Å². The Kier molecular flexibility index (Phi) is 13.9. The van der Waals surface area contributed by atoms with Gasteiger partial charge in [-0.3, -0.25) is 9.59 Å². The fraction of sp³-hybridized carbons (Fsp3) is 0.667. The minimum Gasteiger partial charge on any atom is -0.463 e. The van der Waals surface area contributed by atoms with Gasteiger partial charge in [-0.05, 0) is 39.5 Å². The standard InChI is InChI=1S/C18H30O6/c1-3-5-9-15(19)13-23-17(21)11-7-8-12-18(22)24-14-16(20)10-6-4-2/h3-6,15-16,19-20H,7-14H2,1-2H3. The molecule has 2 unspecified atom stereocenters. The summed E-state index contributed by atoms with van der Waals surface area (Å²) in [4.78, 5) is 22.9. The molecule has 0 heterocycles. The van der Waals surface area contributed by atoms with Crippen molar-refractivity contribution in [1.29, 1.82) is 0 Å². The first-order valence-electron chi connectivity index (χ1n) is 8.39. The molecule has 138 valence electrons. The average Bonchev–Trinajstić information content (AvgIpc) is 2.58. The van der Waals surface area contributed by atoms with E-state index in [1.807, 2.05) is 26.0 Å². The number of unbranched alkanes of at least 4 members (excludes halogenated alkanes) is 1. The maximum absolute atomic E-state index is 11.5. The fourth-order valence-corrected chi connectivity index (χ4v) is 1.78. The van der Waals surface area contributed by atoms with Crippen molar-refractivity contribution in [2.24, 2.45) is 0 Å². The first kappa shape index (κ1) is 22.3. The number of aliphatic hydroxyl groups excluding tert-OH is 2. The van der Waals surface area contributed by atoms with Crippen molar-refractivity contribution in [3.63, 3.8) is 0 Å². The van der Waals surface area contributed by atoms with Gasteiger partial charge in [0.2, 0.25) is 0 Å². The summed E-state index contributed by atoms with van der Waals surface area (Å²) in [6.45, 7) is 3.67. The van der Waals surface area contributed by atoms with E-state index in [0.717, 1.165) is 0 Å². The first-order valence-corrected chi connectivity index (χ1v) is 8.39. The Morgan fingerprint density at radius 2 is 1.21 bits per heavy atom. The van der Waals surface area contributed by atoms with Crippen LogP contribution in [0, 0.1) is 0 Å². The molecule has 2 N–H and O–H groups in total. The van der Waals surface area contributed by atoms with E-state index in [2.05, 4.69) is 0 Å². The van der Waals surface area contributed by atoms with Crippen LogP contribution in [0.3, 0.4) is 0 Å². The zero-order valence-electron chi connectivity index (χ0n) is 14.6. The summed E-state index contributed by atoms with van der Waals surface area (Å²) in [5.74, 6) is -0.769. The number of aliphatic hydroxyl groups is 2.